The lowest BCUT2D eigenvalue weighted by molar-refractivity contribution is 0.0397. The highest BCUT2D eigenvalue weighted by molar-refractivity contribution is 5.90. The molecule has 0 radical (unpaired) electrons. The van der Waals surface area contributed by atoms with Gasteiger partial charge in [-0.1, -0.05) is 12.1 Å². The van der Waals surface area contributed by atoms with Crippen molar-refractivity contribution in [2.24, 2.45) is 5.10 Å². The minimum Gasteiger partial charge on any atom is -0.465 e. The van der Waals surface area contributed by atoms with E-state index in [1.54, 1.807) is 18.3 Å². The van der Waals surface area contributed by atoms with E-state index < -0.39 is 0 Å². The van der Waals surface area contributed by atoms with Crippen molar-refractivity contribution in [3.05, 3.63) is 35.4 Å². The normalized spacial score (nSPS) is 15.9. The molecule has 1 aromatic carbocycles. The topological polar surface area (TPSA) is 51.1 Å². The summed E-state index contributed by atoms with van der Waals surface area (Å²) in [7, 11) is 1.37. The molecule has 1 fully saturated rings. The molecule has 0 unspecified atom stereocenters. The van der Waals surface area contributed by atoms with E-state index in [1.807, 2.05) is 17.1 Å². The highest BCUT2D eigenvalue weighted by Crippen LogP contribution is 2.05. The molecule has 18 heavy (non-hydrogen) atoms. The number of esters is 1. The van der Waals surface area contributed by atoms with Crippen molar-refractivity contribution >= 4 is 12.2 Å². The Balaban J connectivity index is 1.97. The molecule has 0 spiro atoms. The van der Waals surface area contributed by atoms with Crippen molar-refractivity contribution in [2.75, 3.05) is 33.4 Å². The molecule has 5 nitrogen and oxygen atoms in total. The first-order chi connectivity index (χ1) is 8.79. The Bertz CT molecular complexity index is 422. The first kappa shape index (κ1) is 12.6. The van der Waals surface area contributed by atoms with Gasteiger partial charge in [-0.2, -0.15) is 5.10 Å². The van der Waals surface area contributed by atoms with Gasteiger partial charge in [0.2, 0.25) is 0 Å². The molecule has 1 aromatic rings. The van der Waals surface area contributed by atoms with Crippen LogP contribution in [0.3, 0.4) is 0 Å². The standard InChI is InChI=1S/C13H16N2O3/c1-17-13(16)12-4-2-11(3-5-12)10-14-15-6-8-18-9-7-15/h2-5,10H,6-9H2,1H3. The maximum absolute atomic E-state index is 11.3. The van der Waals surface area contributed by atoms with Crippen molar-refractivity contribution < 1.29 is 14.3 Å². The van der Waals surface area contributed by atoms with Gasteiger partial charge < -0.3 is 9.47 Å². The number of hydrogen-bond acceptors (Lipinski definition) is 5. The van der Waals surface area contributed by atoms with Crippen LogP contribution in [0.4, 0.5) is 0 Å². The van der Waals surface area contributed by atoms with Gasteiger partial charge in [0.25, 0.3) is 0 Å². The highest BCUT2D eigenvalue weighted by Gasteiger charge is 2.06. The van der Waals surface area contributed by atoms with E-state index in [2.05, 4.69) is 9.84 Å². The lowest BCUT2D eigenvalue weighted by atomic mass is 10.1. The molecule has 2 rings (SSSR count). The maximum atomic E-state index is 11.3. The van der Waals surface area contributed by atoms with Gasteiger partial charge in [0, 0.05) is 0 Å². The zero-order chi connectivity index (χ0) is 12.8. The monoisotopic (exact) mass is 248 g/mol. The van der Waals surface area contributed by atoms with Gasteiger partial charge in [-0.15, -0.1) is 0 Å². The van der Waals surface area contributed by atoms with Crippen LogP contribution >= 0.6 is 0 Å². The van der Waals surface area contributed by atoms with E-state index in [-0.39, 0.29) is 5.97 Å². The van der Waals surface area contributed by atoms with E-state index >= 15 is 0 Å². The molecule has 96 valence electrons. The maximum Gasteiger partial charge on any atom is 0.337 e. The number of morpholine rings is 1. The first-order valence-electron chi connectivity index (χ1n) is 5.84. The molecular formula is C13H16N2O3. The van der Waals surface area contributed by atoms with E-state index in [0.717, 1.165) is 31.9 Å². The Morgan fingerprint density at radius 1 is 1.33 bits per heavy atom. The third kappa shape index (κ3) is 3.30. The average molecular weight is 248 g/mol. The Kier molecular flexibility index (Phi) is 4.30. The van der Waals surface area contributed by atoms with Crippen LogP contribution in [0, 0.1) is 0 Å². The predicted molar refractivity (Wildman–Crippen MR) is 67.8 cm³/mol. The van der Waals surface area contributed by atoms with E-state index in [9.17, 15) is 4.79 Å². The quantitative estimate of drug-likeness (QED) is 0.594. The summed E-state index contributed by atoms with van der Waals surface area (Å²) in [6.45, 7) is 3.07. The number of rotatable bonds is 3. The van der Waals surface area contributed by atoms with Crippen molar-refractivity contribution in [1.29, 1.82) is 0 Å². The summed E-state index contributed by atoms with van der Waals surface area (Å²) in [5.74, 6) is -0.327. The van der Waals surface area contributed by atoms with Crippen LogP contribution in [0.5, 0.6) is 0 Å². The van der Waals surface area contributed by atoms with Gasteiger partial charge in [0.05, 0.1) is 45.2 Å². The fraction of sp³-hybridized carbons (Fsp3) is 0.385. The predicted octanol–water partition coefficient (Wildman–Crippen LogP) is 1.14. The number of hydrazone groups is 1. The Hall–Kier alpha value is -1.88. The van der Waals surface area contributed by atoms with E-state index in [4.69, 9.17) is 4.74 Å². The molecule has 0 amide bonds. The molecule has 0 N–H and O–H groups in total. The van der Waals surface area contributed by atoms with E-state index in [1.165, 1.54) is 7.11 Å². The van der Waals surface area contributed by atoms with Crippen LogP contribution < -0.4 is 0 Å². The van der Waals surface area contributed by atoms with E-state index in [0.29, 0.717) is 5.56 Å². The molecule has 1 saturated heterocycles. The second kappa shape index (κ2) is 6.16. The van der Waals surface area contributed by atoms with Crippen molar-refractivity contribution in [3.8, 4) is 0 Å². The van der Waals surface area contributed by atoms with Crippen LogP contribution in [0.1, 0.15) is 15.9 Å². The van der Waals surface area contributed by atoms with Crippen LogP contribution in [-0.4, -0.2) is 50.6 Å². The summed E-state index contributed by atoms with van der Waals surface area (Å²) < 4.78 is 9.88. The number of nitrogens with zero attached hydrogens (tertiary/aromatic N) is 2. The fourth-order valence-corrected chi connectivity index (χ4v) is 1.64. The van der Waals surface area contributed by atoms with Gasteiger partial charge in [-0.3, -0.25) is 5.01 Å². The number of hydrogen-bond donors (Lipinski definition) is 0. The van der Waals surface area contributed by atoms with Crippen molar-refractivity contribution in [1.82, 2.24) is 5.01 Å². The molecule has 0 saturated carbocycles. The number of carbonyl (C=O) groups excluding carboxylic acids is 1. The molecule has 0 bridgehead atoms. The Morgan fingerprint density at radius 3 is 2.61 bits per heavy atom. The SMILES string of the molecule is COC(=O)c1ccc(C=NN2CCOCC2)cc1. The zero-order valence-corrected chi connectivity index (χ0v) is 10.3. The zero-order valence-electron chi connectivity index (χ0n) is 10.3. The average Bonchev–Trinajstić information content (AvgIpc) is 2.46. The summed E-state index contributed by atoms with van der Waals surface area (Å²) in [6, 6.07) is 7.14. The minimum absolute atomic E-state index is 0.327. The summed E-state index contributed by atoms with van der Waals surface area (Å²) in [5, 5.41) is 6.33. The number of carbonyl (C=O) groups is 1. The van der Waals surface area contributed by atoms with Crippen LogP contribution in [0.25, 0.3) is 0 Å². The van der Waals surface area contributed by atoms with Crippen molar-refractivity contribution in [2.45, 2.75) is 0 Å². The third-order valence-corrected chi connectivity index (χ3v) is 2.69. The second-order valence-electron chi connectivity index (χ2n) is 3.92. The van der Waals surface area contributed by atoms with Gasteiger partial charge in [0.1, 0.15) is 0 Å². The Labute approximate surface area is 106 Å². The van der Waals surface area contributed by atoms with Crippen molar-refractivity contribution in [3.63, 3.8) is 0 Å². The van der Waals surface area contributed by atoms with Crippen LogP contribution in [0.15, 0.2) is 29.4 Å². The fourth-order valence-electron chi connectivity index (χ4n) is 1.64. The van der Waals surface area contributed by atoms with Crippen LogP contribution in [-0.2, 0) is 9.47 Å². The molecule has 5 heteroatoms. The molecule has 1 aliphatic heterocycles. The molecule has 0 aromatic heterocycles. The minimum atomic E-state index is -0.327. The lowest BCUT2D eigenvalue weighted by Crippen LogP contribution is -2.32. The third-order valence-electron chi connectivity index (χ3n) is 2.69. The Morgan fingerprint density at radius 2 is 2.00 bits per heavy atom. The molecular weight excluding hydrogens is 232 g/mol. The second-order valence-corrected chi connectivity index (χ2v) is 3.92. The highest BCUT2D eigenvalue weighted by atomic mass is 16.5. The van der Waals surface area contributed by atoms with Gasteiger partial charge in [-0.05, 0) is 17.7 Å². The number of ether oxygens (including phenoxy) is 2. The summed E-state index contributed by atoms with van der Waals surface area (Å²) in [4.78, 5) is 11.3. The largest absolute Gasteiger partial charge is 0.465 e. The lowest BCUT2D eigenvalue weighted by Gasteiger charge is -2.23. The summed E-state index contributed by atoms with van der Waals surface area (Å²) in [6.07, 6.45) is 1.78. The molecule has 1 aliphatic rings. The smallest absolute Gasteiger partial charge is 0.337 e. The first-order valence-corrected chi connectivity index (χ1v) is 5.84. The van der Waals surface area contributed by atoms with Crippen LogP contribution in [0.2, 0.25) is 0 Å². The number of methoxy groups -OCH3 is 1. The summed E-state index contributed by atoms with van der Waals surface area (Å²) in [5.41, 5.74) is 1.50. The molecule has 0 aliphatic carbocycles. The van der Waals surface area contributed by atoms with Gasteiger partial charge in [-0.25, -0.2) is 4.79 Å². The molecule has 1 heterocycles. The van der Waals surface area contributed by atoms with Gasteiger partial charge in [0.15, 0.2) is 0 Å². The van der Waals surface area contributed by atoms with Gasteiger partial charge >= 0.3 is 5.97 Å². The summed E-state index contributed by atoms with van der Waals surface area (Å²) >= 11 is 0. The molecule has 0 atom stereocenters. The number of benzene rings is 1.